The second kappa shape index (κ2) is 14.8. The van der Waals surface area contributed by atoms with Gasteiger partial charge in [-0.25, -0.2) is 19.4 Å². The summed E-state index contributed by atoms with van der Waals surface area (Å²) in [4.78, 5) is 73.2. The minimum Gasteiger partial charge on any atom is -0.496 e. The number of esters is 2. The lowest BCUT2D eigenvalue weighted by Crippen LogP contribution is -2.60. The first-order valence-electron chi connectivity index (χ1n) is 17.3. The predicted octanol–water partition coefficient (Wildman–Crippen LogP) is 3.58. The summed E-state index contributed by atoms with van der Waals surface area (Å²) in [6.07, 6.45) is 5.01. The highest BCUT2D eigenvalue weighted by atomic mass is 16.5. The third kappa shape index (κ3) is 7.74. The van der Waals surface area contributed by atoms with Gasteiger partial charge in [0, 0.05) is 35.9 Å². The van der Waals surface area contributed by atoms with E-state index in [9.17, 15) is 24.0 Å². The molecule has 3 fully saturated rings. The van der Waals surface area contributed by atoms with Gasteiger partial charge in [0.2, 0.25) is 11.8 Å². The van der Waals surface area contributed by atoms with E-state index in [0.29, 0.717) is 28.8 Å². The molecule has 1 aliphatic heterocycles. The number of fused-ring (bicyclic) bond motifs is 1. The third-order valence-electron chi connectivity index (χ3n) is 10.1. The van der Waals surface area contributed by atoms with E-state index in [4.69, 9.17) is 18.9 Å². The predicted molar refractivity (Wildman–Crippen MR) is 187 cm³/mol. The lowest BCUT2D eigenvalue weighted by atomic mass is 9.85. The van der Waals surface area contributed by atoms with Crippen LogP contribution in [0.15, 0.2) is 30.9 Å². The normalized spacial score (nSPS) is 23.6. The van der Waals surface area contributed by atoms with Crippen LogP contribution in [0.4, 0.5) is 4.79 Å². The summed E-state index contributed by atoms with van der Waals surface area (Å²) in [5.41, 5.74) is -0.815. The van der Waals surface area contributed by atoms with Gasteiger partial charge in [-0.05, 0) is 43.2 Å². The Labute approximate surface area is 298 Å². The lowest BCUT2D eigenvalue weighted by Gasteiger charge is -2.35. The lowest BCUT2D eigenvalue weighted by molar-refractivity contribution is -0.148. The smallest absolute Gasteiger partial charge is 0.356 e. The second-order valence-corrected chi connectivity index (χ2v) is 14.7. The molecule has 14 nitrogen and oxygen atoms in total. The molecule has 2 saturated carbocycles. The number of nitrogens with zero attached hydrogens (tertiary/aromatic N) is 2. The molecule has 51 heavy (non-hydrogen) atoms. The van der Waals surface area contributed by atoms with Crippen LogP contribution in [0.1, 0.15) is 75.3 Å². The molecule has 3 aliphatic rings. The molecule has 14 heteroatoms. The van der Waals surface area contributed by atoms with Crippen molar-refractivity contribution >= 4 is 40.7 Å². The Morgan fingerprint density at radius 3 is 2.33 bits per heavy atom. The van der Waals surface area contributed by atoms with Crippen LogP contribution in [0.2, 0.25) is 0 Å². The van der Waals surface area contributed by atoms with Gasteiger partial charge in [0.25, 0.3) is 0 Å². The van der Waals surface area contributed by atoms with Gasteiger partial charge in [-0.1, -0.05) is 39.7 Å². The van der Waals surface area contributed by atoms with Crippen LogP contribution in [-0.4, -0.2) is 97.3 Å². The monoisotopic (exact) mass is 707 g/mol. The summed E-state index contributed by atoms with van der Waals surface area (Å²) in [5.74, 6) is -1.80. The first-order chi connectivity index (χ1) is 24.1. The second-order valence-electron chi connectivity index (χ2n) is 14.7. The van der Waals surface area contributed by atoms with Gasteiger partial charge in [0.1, 0.15) is 35.2 Å². The quantitative estimate of drug-likeness (QED) is 0.231. The average molecular weight is 708 g/mol. The van der Waals surface area contributed by atoms with E-state index in [1.165, 1.54) is 32.3 Å². The number of hydrogen-bond acceptors (Lipinski definition) is 10. The number of urea groups is 1. The number of aryl methyl sites for hydroxylation is 1. The van der Waals surface area contributed by atoms with Crippen LogP contribution in [-0.2, 0) is 23.9 Å². The molecule has 0 spiro atoms. The van der Waals surface area contributed by atoms with Gasteiger partial charge in [-0.2, -0.15) is 0 Å². The van der Waals surface area contributed by atoms with Crippen molar-refractivity contribution < 1.29 is 42.9 Å². The van der Waals surface area contributed by atoms with E-state index in [0.717, 1.165) is 31.2 Å². The first kappa shape index (κ1) is 37.4. The van der Waals surface area contributed by atoms with Gasteiger partial charge in [0.15, 0.2) is 5.69 Å². The molecule has 1 aromatic carbocycles. The topological polar surface area (TPSA) is 174 Å². The highest BCUT2D eigenvalue weighted by Gasteiger charge is 2.62. The maximum absolute atomic E-state index is 14.5. The van der Waals surface area contributed by atoms with Crippen molar-refractivity contribution in [2.45, 2.75) is 96.0 Å². The van der Waals surface area contributed by atoms with E-state index in [-0.39, 0.29) is 30.6 Å². The standard InChI is InChI=1S/C37H49N5O9/c1-9-21-18-37(21,34(46)50-8)41-31(43)27-15-23(19-42(27)32(44)30(36(3,4)5)40-35(47)38-22-12-10-11-13-22)51-29-17-26(33(45)49-7)39-25-16-28(48-6)20(2)14-24(25)29/h9,14,16-17,21-23,27,30H,1,10-13,15,18-19H2,2-8H3,(H,41,43)(H2,38,40,47)/t21-,23-,27+,30-,37-/m1/s1. The molecule has 0 unspecified atom stereocenters. The molecular weight excluding hydrogens is 658 g/mol. The Bertz CT molecular complexity index is 1720. The maximum atomic E-state index is 14.5. The van der Waals surface area contributed by atoms with Gasteiger partial charge in [0.05, 0.1) is 33.4 Å². The first-order valence-corrected chi connectivity index (χ1v) is 17.3. The molecule has 0 bridgehead atoms. The summed E-state index contributed by atoms with van der Waals surface area (Å²) in [5, 5.41) is 9.31. The number of ether oxygens (including phenoxy) is 4. The maximum Gasteiger partial charge on any atom is 0.356 e. The Morgan fingerprint density at radius 1 is 1.04 bits per heavy atom. The van der Waals surface area contributed by atoms with Crippen molar-refractivity contribution in [2.24, 2.45) is 11.3 Å². The van der Waals surface area contributed by atoms with Crippen LogP contribution < -0.4 is 25.4 Å². The minimum atomic E-state index is -1.29. The SMILES string of the molecule is C=C[C@@H]1C[C@]1(NC(=O)[C@@H]1C[C@@H](Oc2cc(C(=O)OC)nc3cc(OC)c(C)cc23)CN1C(=O)[C@@H](NC(=O)NC1CCCC1)C(C)(C)C)C(=O)OC. The van der Waals surface area contributed by atoms with Gasteiger partial charge < -0.3 is 39.8 Å². The number of carbonyl (C=O) groups is 5. The fourth-order valence-electron chi connectivity index (χ4n) is 7.14. The molecule has 0 radical (unpaired) electrons. The fourth-order valence-corrected chi connectivity index (χ4v) is 7.14. The van der Waals surface area contributed by atoms with E-state index in [1.807, 2.05) is 33.8 Å². The van der Waals surface area contributed by atoms with Crippen LogP contribution >= 0.6 is 0 Å². The summed E-state index contributed by atoms with van der Waals surface area (Å²) < 4.78 is 22.0. The molecule has 1 aromatic heterocycles. The van der Waals surface area contributed by atoms with Crippen molar-refractivity contribution in [2.75, 3.05) is 27.9 Å². The highest BCUT2D eigenvalue weighted by molar-refractivity contribution is 5.97. The van der Waals surface area contributed by atoms with Crippen molar-refractivity contribution in [3.8, 4) is 11.5 Å². The molecule has 2 aromatic rings. The molecule has 3 N–H and O–H groups in total. The zero-order valence-corrected chi connectivity index (χ0v) is 30.4. The van der Waals surface area contributed by atoms with Crippen molar-refractivity contribution in [3.63, 3.8) is 0 Å². The Morgan fingerprint density at radius 2 is 1.75 bits per heavy atom. The third-order valence-corrected chi connectivity index (χ3v) is 10.1. The number of likely N-dealkylation sites (tertiary alicyclic amines) is 1. The number of pyridine rings is 1. The number of nitrogens with one attached hydrogen (secondary N) is 3. The number of rotatable bonds is 11. The number of carbonyl (C=O) groups excluding carboxylic acids is 5. The minimum absolute atomic E-state index is 0.000574. The van der Waals surface area contributed by atoms with Crippen molar-refractivity contribution in [1.82, 2.24) is 25.8 Å². The zero-order chi connectivity index (χ0) is 37.2. The van der Waals surface area contributed by atoms with Crippen LogP contribution in [0.3, 0.4) is 0 Å². The molecular formula is C37H49N5O9. The highest BCUT2D eigenvalue weighted by Crippen LogP contribution is 2.46. The van der Waals surface area contributed by atoms with Gasteiger partial charge in [-0.15, -0.1) is 6.58 Å². The van der Waals surface area contributed by atoms with Crippen LogP contribution in [0, 0.1) is 18.3 Å². The van der Waals surface area contributed by atoms with Gasteiger partial charge in [-0.3, -0.25) is 9.59 Å². The zero-order valence-electron chi connectivity index (χ0n) is 30.4. The van der Waals surface area contributed by atoms with E-state index >= 15 is 0 Å². The molecule has 2 heterocycles. The van der Waals surface area contributed by atoms with E-state index in [2.05, 4.69) is 27.5 Å². The molecule has 4 amide bonds. The van der Waals surface area contributed by atoms with E-state index < -0.39 is 58.9 Å². The number of methoxy groups -OCH3 is 3. The number of aromatic nitrogens is 1. The van der Waals surface area contributed by atoms with Crippen LogP contribution in [0.25, 0.3) is 10.9 Å². The largest absolute Gasteiger partial charge is 0.496 e. The number of hydrogen-bond donors (Lipinski definition) is 3. The van der Waals surface area contributed by atoms with Gasteiger partial charge >= 0.3 is 18.0 Å². The molecule has 5 atom stereocenters. The molecule has 5 rings (SSSR count). The summed E-state index contributed by atoms with van der Waals surface area (Å²) in [7, 11) is 4.03. The molecule has 276 valence electrons. The van der Waals surface area contributed by atoms with Crippen molar-refractivity contribution in [1.29, 1.82) is 0 Å². The average Bonchev–Trinajstić information content (AvgIpc) is 3.36. The van der Waals surface area contributed by atoms with Crippen LogP contribution in [0.5, 0.6) is 11.5 Å². The van der Waals surface area contributed by atoms with Crippen molar-refractivity contribution in [3.05, 3.63) is 42.1 Å². The Kier molecular flexibility index (Phi) is 10.8. The summed E-state index contributed by atoms with van der Waals surface area (Å²) >= 11 is 0. The number of benzene rings is 1. The molecule has 2 aliphatic carbocycles. The number of amides is 4. The Balaban J connectivity index is 1.49. The van der Waals surface area contributed by atoms with E-state index in [1.54, 1.807) is 12.1 Å². The Hall–Kier alpha value is -4.88. The summed E-state index contributed by atoms with van der Waals surface area (Å²) in [6, 6.07) is 2.48. The molecule has 1 saturated heterocycles. The fraction of sp³-hybridized carbons (Fsp3) is 0.568. The summed E-state index contributed by atoms with van der Waals surface area (Å²) in [6.45, 7) is 11.1.